The number of alkyl halides is 3. The van der Waals surface area contributed by atoms with E-state index < -0.39 is 16.8 Å². The van der Waals surface area contributed by atoms with Gasteiger partial charge in [-0.3, -0.25) is 0 Å². The zero-order chi connectivity index (χ0) is 15.5. The molecule has 1 N–H and O–H groups in total. The zero-order valence-electron chi connectivity index (χ0n) is 10.4. The van der Waals surface area contributed by atoms with Gasteiger partial charge in [-0.05, 0) is 16.0 Å². The third-order valence-corrected chi connectivity index (χ3v) is 3.35. The van der Waals surface area contributed by atoms with Crippen molar-refractivity contribution in [2.45, 2.75) is 12.6 Å². The van der Waals surface area contributed by atoms with E-state index in [-0.39, 0.29) is 5.82 Å². The minimum Gasteiger partial charge on any atom is -0.382 e. The molecule has 21 heavy (non-hydrogen) atoms. The van der Waals surface area contributed by atoms with Crippen molar-refractivity contribution < 1.29 is 18.1 Å². The number of nitrogens with zero attached hydrogens (tertiary/aromatic N) is 3. The number of halogens is 3. The van der Waals surface area contributed by atoms with Crippen molar-refractivity contribution in [1.82, 2.24) is 9.97 Å². The molecular weight excluding hydrogens is 309 g/mol. The number of pyridine rings is 1. The summed E-state index contributed by atoms with van der Waals surface area (Å²) >= 11 is 0.942. The first-order chi connectivity index (χ1) is 9.86. The van der Waals surface area contributed by atoms with Crippen molar-refractivity contribution in [3.63, 3.8) is 0 Å². The van der Waals surface area contributed by atoms with Crippen molar-refractivity contribution in [3.05, 3.63) is 44.5 Å². The van der Waals surface area contributed by atoms with Crippen LogP contribution in [0.2, 0.25) is 0 Å². The van der Waals surface area contributed by atoms with Gasteiger partial charge in [-0.15, -0.1) is 11.3 Å². The second-order valence-electron chi connectivity index (χ2n) is 3.96. The predicted molar refractivity (Wildman–Crippen MR) is 70.2 cm³/mol. The van der Waals surface area contributed by atoms with Crippen molar-refractivity contribution in [1.29, 1.82) is 0 Å². The van der Waals surface area contributed by atoms with Crippen LogP contribution in [-0.2, 0) is 12.6 Å². The van der Waals surface area contributed by atoms with Gasteiger partial charge in [-0.25, -0.2) is 4.98 Å². The Hall–Kier alpha value is -2.23. The lowest BCUT2D eigenvalue weighted by molar-refractivity contribution is -0.389. The van der Waals surface area contributed by atoms with E-state index in [9.17, 15) is 23.3 Å². The van der Waals surface area contributed by atoms with E-state index >= 15 is 0 Å². The number of aromatic nitrogens is 2. The highest BCUT2D eigenvalue weighted by Crippen LogP contribution is 2.30. The first kappa shape index (κ1) is 15.2. The highest BCUT2D eigenvalue weighted by atomic mass is 32.1. The van der Waals surface area contributed by atoms with E-state index in [1.54, 1.807) is 0 Å². The molecule has 6 nitrogen and oxygen atoms in total. The molecule has 0 unspecified atom stereocenters. The molecule has 0 aromatic carbocycles. The molecule has 2 aromatic rings. The number of hydrogen-bond acceptors (Lipinski definition) is 6. The molecule has 0 atom stereocenters. The zero-order valence-corrected chi connectivity index (χ0v) is 11.2. The number of anilines is 1. The van der Waals surface area contributed by atoms with Crippen LogP contribution in [-0.4, -0.2) is 21.4 Å². The van der Waals surface area contributed by atoms with Crippen LogP contribution < -0.4 is 5.32 Å². The molecule has 10 heteroatoms. The summed E-state index contributed by atoms with van der Waals surface area (Å²) in [5, 5.41) is 14.7. The molecule has 2 rings (SSSR count). The van der Waals surface area contributed by atoms with Crippen LogP contribution in [0, 0.1) is 10.1 Å². The van der Waals surface area contributed by atoms with Gasteiger partial charge in [0.05, 0.1) is 10.7 Å². The fraction of sp³-hybridized carbons (Fsp3) is 0.273. The molecule has 0 amide bonds. The Labute approximate surface area is 120 Å². The molecule has 0 saturated heterocycles. The van der Waals surface area contributed by atoms with Crippen molar-refractivity contribution in [2.75, 3.05) is 11.9 Å². The molecule has 0 spiro atoms. The smallest absolute Gasteiger partial charge is 0.382 e. The molecule has 0 saturated carbocycles. The van der Waals surface area contributed by atoms with Crippen molar-refractivity contribution >= 4 is 22.8 Å². The summed E-state index contributed by atoms with van der Waals surface area (Å²) < 4.78 is 37.1. The third kappa shape index (κ3) is 4.12. The highest BCUT2D eigenvalue weighted by Gasteiger charge is 2.33. The maximum absolute atomic E-state index is 12.4. The summed E-state index contributed by atoms with van der Waals surface area (Å²) in [6, 6.07) is 2.72. The molecular formula is C11H9F3N4O2S. The van der Waals surface area contributed by atoms with Gasteiger partial charge in [0.15, 0.2) is 11.9 Å². The Kier molecular flexibility index (Phi) is 4.36. The van der Waals surface area contributed by atoms with E-state index in [0.29, 0.717) is 23.7 Å². The SMILES string of the molecule is O=[N+]([O-])c1ccc(NCCc2nc(C(F)(F)F)cs2)cn1. The van der Waals surface area contributed by atoms with Gasteiger partial charge in [0.1, 0.15) is 0 Å². The van der Waals surface area contributed by atoms with Crippen LogP contribution in [0.5, 0.6) is 0 Å². The minimum atomic E-state index is -4.43. The summed E-state index contributed by atoms with van der Waals surface area (Å²) in [5.74, 6) is -0.268. The van der Waals surface area contributed by atoms with Gasteiger partial charge in [-0.1, -0.05) is 0 Å². The first-order valence-corrected chi connectivity index (χ1v) is 6.60. The van der Waals surface area contributed by atoms with Gasteiger partial charge < -0.3 is 15.4 Å². The van der Waals surface area contributed by atoms with Gasteiger partial charge in [0, 0.05) is 24.4 Å². The second kappa shape index (κ2) is 6.04. The highest BCUT2D eigenvalue weighted by molar-refractivity contribution is 7.09. The fourth-order valence-corrected chi connectivity index (χ4v) is 2.27. The Morgan fingerprint density at radius 3 is 2.67 bits per heavy atom. The van der Waals surface area contributed by atoms with E-state index in [0.717, 1.165) is 16.7 Å². The molecule has 0 aliphatic rings. The van der Waals surface area contributed by atoms with E-state index in [1.165, 1.54) is 18.3 Å². The first-order valence-electron chi connectivity index (χ1n) is 5.72. The Balaban J connectivity index is 1.86. The summed E-state index contributed by atoms with van der Waals surface area (Å²) in [7, 11) is 0. The Bertz CT molecular complexity index is 627. The molecule has 2 aromatic heterocycles. The van der Waals surface area contributed by atoms with Crippen LogP contribution in [0.15, 0.2) is 23.7 Å². The van der Waals surface area contributed by atoms with Crippen LogP contribution >= 0.6 is 11.3 Å². The fourth-order valence-electron chi connectivity index (χ4n) is 1.47. The molecule has 2 heterocycles. The largest absolute Gasteiger partial charge is 0.434 e. The Morgan fingerprint density at radius 2 is 2.14 bits per heavy atom. The number of nitro groups is 1. The average Bonchev–Trinajstić information content (AvgIpc) is 2.88. The lowest BCUT2D eigenvalue weighted by Gasteiger charge is -2.03. The lowest BCUT2D eigenvalue weighted by atomic mass is 10.3. The quantitative estimate of drug-likeness (QED) is 0.676. The normalized spacial score (nSPS) is 11.4. The maximum atomic E-state index is 12.4. The van der Waals surface area contributed by atoms with Crippen LogP contribution in [0.3, 0.4) is 0 Å². The third-order valence-electron chi connectivity index (χ3n) is 2.45. The van der Waals surface area contributed by atoms with Crippen molar-refractivity contribution in [3.8, 4) is 0 Å². The summed E-state index contributed by atoms with van der Waals surface area (Å²) in [4.78, 5) is 16.9. The van der Waals surface area contributed by atoms with Gasteiger partial charge >= 0.3 is 12.0 Å². The number of rotatable bonds is 5. The summed E-state index contributed by atoms with van der Waals surface area (Å²) in [5.41, 5.74) is -0.340. The molecule has 0 radical (unpaired) electrons. The van der Waals surface area contributed by atoms with Gasteiger partial charge in [0.25, 0.3) is 0 Å². The monoisotopic (exact) mass is 318 g/mol. The molecule has 0 aliphatic carbocycles. The standard InChI is InChI=1S/C11H9F3N4O2S/c12-11(13,14)8-6-21-10(17-8)3-4-15-7-1-2-9(16-5-7)18(19)20/h1-2,5-6,15H,3-4H2. The summed E-state index contributed by atoms with van der Waals surface area (Å²) in [6.07, 6.45) is -2.82. The molecule has 0 bridgehead atoms. The van der Waals surface area contributed by atoms with E-state index in [1.807, 2.05) is 0 Å². The number of hydrogen-bond donors (Lipinski definition) is 1. The van der Waals surface area contributed by atoms with Gasteiger partial charge in [0.2, 0.25) is 0 Å². The molecule has 0 aliphatic heterocycles. The number of nitrogens with one attached hydrogen (secondary N) is 1. The van der Waals surface area contributed by atoms with Crippen molar-refractivity contribution in [2.24, 2.45) is 0 Å². The van der Waals surface area contributed by atoms with Crippen LogP contribution in [0.1, 0.15) is 10.7 Å². The lowest BCUT2D eigenvalue weighted by Crippen LogP contribution is -2.07. The Morgan fingerprint density at radius 1 is 1.38 bits per heavy atom. The van der Waals surface area contributed by atoms with E-state index in [4.69, 9.17) is 0 Å². The molecule has 0 fully saturated rings. The van der Waals surface area contributed by atoms with Crippen LogP contribution in [0.25, 0.3) is 0 Å². The summed E-state index contributed by atoms with van der Waals surface area (Å²) in [6.45, 7) is 0.351. The second-order valence-corrected chi connectivity index (χ2v) is 4.91. The van der Waals surface area contributed by atoms with Gasteiger partial charge in [-0.2, -0.15) is 13.2 Å². The van der Waals surface area contributed by atoms with E-state index in [2.05, 4.69) is 15.3 Å². The predicted octanol–water partition coefficient (Wildman–Crippen LogP) is 3.12. The topological polar surface area (TPSA) is 81.0 Å². The maximum Gasteiger partial charge on any atom is 0.434 e. The average molecular weight is 318 g/mol. The van der Waals surface area contributed by atoms with Crippen LogP contribution in [0.4, 0.5) is 24.7 Å². The minimum absolute atomic E-state index is 0.268. The number of thiazole rings is 1. The molecule has 112 valence electrons.